The van der Waals surface area contributed by atoms with Crippen molar-refractivity contribution in [2.75, 3.05) is 39.3 Å². The van der Waals surface area contributed by atoms with Crippen LogP contribution >= 0.6 is 0 Å². The van der Waals surface area contributed by atoms with Crippen LogP contribution in [-0.4, -0.2) is 54.0 Å². The van der Waals surface area contributed by atoms with Crippen molar-refractivity contribution in [2.24, 2.45) is 0 Å². The van der Waals surface area contributed by atoms with Crippen LogP contribution in [0, 0.1) is 0 Å². The molecule has 0 saturated carbocycles. The van der Waals surface area contributed by atoms with Gasteiger partial charge in [-0.15, -0.1) is 0 Å². The monoisotopic (exact) mass is 270 g/mol. The van der Waals surface area contributed by atoms with Gasteiger partial charge in [0.05, 0.1) is 19.5 Å². The molecule has 0 fully saturated rings. The first-order valence-electron chi connectivity index (χ1n) is 5.65. The molecule has 0 atom stereocenters. The highest BCUT2D eigenvalue weighted by atomic mass is 32.2. The van der Waals surface area contributed by atoms with E-state index in [4.69, 9.17) is 14.2 Å². The van der Waals surface area contributed by atoms with E-state index in [2.05, 4.69) is 4.18 Å². The molecule has 0 N–H and O–H groups in total. The highest BCUT2D eigenvalue weighted by Gasteiger charge is 2.07. The molecule has 0 bridgehead atoms. The van der Waals surface area contributed by atoms with Crippen LogP contribution in [0.15, 0.2) is 0 Å². The van der Waals surface area contributed by atoms with Crippen molar-refractivity contribution in [2.45, 2.75) is 26.6 Å². The Labute approximate surface area is 103 Å². The summed E-state index contributed by atoms with van der Waals surface area (Å²) in [6, 6.07) is 0. The van der Waals surface area contributed by atoms with E-state index in [9.17, 15) is 8.42 Å². The minimum absolute atomic E-state index is 0.132. The average Bonchev–Trinajstić information content (AvgIpc) is 2.22. The fourth-order valence-electron chi connectivity index (χ4n) is 1.07. The summed E-state index contributed by atoms with van der Waals surface area (Å²) < 4.78 is 41.7. The predicted octanol–water partition coefficient (Wildman–Crippen LogP) is 0.768. The highest BCUT2D eigenvalue weighted by Crippen LogP contribution is 1.97. The Morgan fingerprint density at radius 2 is 1.65 bits per heavy atom. The van der Waals surface area contributed by atoms with Gasteiger partial charge in [0.25, 0.3) is 10.1 Å². The zero-order valence-electron chi connectivity index (χ0n) is 10.7. The van der Waals surface area contributed by atoms with E-state index in [1.165, 1.54) is 0 Å². The molecular weight excluding hydrogens is 248 g/mol. The van der Waals surface area contributed by atoms with Crippen LogP contribution in [0.2, 0.25) is 0 Å². The van der Waals surface area contributed by atoms with E-state index < -0.39 is 10.1 Å². The molecule has 0 saturated heterocycles. The second-order valence-corrected chi connectivity index (χ2v) is 4.94. The lowest BCUT2D eigenvalue weighted by molar-refractivity contribution is -0.167. The van der Waals surface area contributed by atoms with Crippen LogP contribution in [0.5, 0.6) is 0 Å². The van der Waals surface area contributed by atoms with Gasteiger partial charge in [-0.25, -0.2) is 0 Å². The summed E-state index contributed by atoms with van der Waals surface area (Å²) in [7, 11) is -3.35. The fraction of sp³-hybridized carbons (Fsp3) is 1.00. The second kappa shape index (κ2) is 9.78. The van der Waals surface area contributed by atoms with E-state index >= 15 is 0 Å². The van der Waals surface area contributed by atoms with Crippen molar-refractivity contribution in [3.8, 4) is 0 Å². The van der Waals surface area contributed by atoms with Crippen molar-refractivity contribution >= 4 is 10.1 Å². The number of ether oxygens (including phenoxy) is 3. The van der Waals surface area contributed by atoms with Crippen LogP contribution < -0.4 is 0 Å². The summed E-state index contributed by atoms with van der Waals surface area (Å²) in [5.74, 6) is 0. The SMILES string of the molecule is CCOC(COCCCOS(C)(=O)=O)OCC. The zero-order chi connectivity index (χ0) is 13.1. The molecule has 0 aromatic heterocycles. The maximum absolute atomic E-state index is 10.6. The van der Waals surface area contributed by atoms with Crippen molar-refractivity contribution in [3.63, 3.8) is 0 Å². The normalized spacial score (nSPS) is 12.2. The zero-order valence-corrected chi connectivity index (χ0v) is 11.5. The van der Waals surface area contributed by atoms with Crippen LogP contribution in [0.4, 0.5) is 0 Å². The third kappa shape index (κ3) is 12.0. The van der Waals surface area contributed by atoms with Gasteiger partial charge in [-0.1, -0.05) is 0 Å². The van der Waals surface area contributed by atoms with Gasteiger partial charge in [-0.2, -0.15) is 8.42 Å². The summed E-state index contributed by atoms with van der Waals surface area (Å²) in [6.07, 6.45) is 1.17. The third-order valence-corrected chi connectivity index (χ3v) is 2.28. The first kappa shape index (κ1) is 16.8. The molecule has 17 heavy (non-hydrogen) atoms. The second-order valence-electron chi connectivity index (χ2n) is 3.29. The van der Waals surface area contributed by atoms with Gasteiger partial charge in [-0.05, 0) is 20.3 Å². The molecular formula is C10H22O6S. The first-order chi connectivity index (χ1) is 7.99. The van der Waals surface area contributed by atoms with Gasteiger partial charge in [-0.3, -0.25) is 4.18 Å². The van der Waals surface area contributed by atoms with Crippen molar-refractivity contribution < 1.29 is 26.8 Å². The maximum atomic E-state index is 10.6. The largest absolute Gasteiger partial charge is 0.376 e. The van der Waals surface area contributed by atoms with Gasteiger partial charge < -0.3 is 14.2 Å². The number of rotatable bonds is 11. The first-order valence-corrected chi connectivity index (χ1v) is 7.46. The molecule has 104 valence electrons. The van der Waals surface area contributed by atoms with E-state index in [-0.39, 0.29) is 12.9 Å². The standard InChI is InChI=1S/C10H22O6S/c1-4-14-10(15-5-2)9-13-7-6-8-16-17(3,11)12/h10H,4-9H2,1-3H3. The van der Waals surface area contributed by atoms with Gasteiger partial charge >= 0.3 is 0 Å². The van der Waals surface area contributed by atoms with Crippen LogP contribution in [0.3, 0.4) is 0 Å². The van der Waals surface area contributed by atoms with Gasteiger partial charge in [0.15, 0.2) is 6.29 Å². The summed E-state index contributed by atoms with van der Waals surface area (Å²) in [5.41, 5.74) is 0. The lowest BCUT2D eigenvalue weighted by Crippen LogP contribution is -2.24. The topological polar surface area (TPSA) is 71.1 Å². The molecule has 0 heterocycles. The van der Waals surface area contributed by atoms with Gasteiger partial charge in [0.2, 0.25) is 0 Å². The van der Waals surface area contributed by atoms with E-state index in [1.807, 2.05) is 13.8 Å². The summed E-state index contributed by atoms with van der Waals surface area (Å²) >= 11 is 0. The van der Waals surface area contributed by atoms with E-state index in [0.717, 1.165) is 6.26 Å². The lowest BCUT2D eigenvalue weighted by atomic mass is 10.5. The Morgan fingerprint density at radius 1 is 1.06 bits per heavy atom. The Bertz CT molecular complexity index is 258. The van der Waals surface area contributed by atoms with Gasteiger partial charge in [0.1, 0.15) is 0 Å². The summed E-state index contributed by atoms with van der Waals surface area (Å²) in [5, 5.41) is 0. The summed E-state index contributed by atoms with van der Waals surface area (Å²) in [4.78, 5) is 0. The van der Waals surface area contributed by atoms with Crippen LogP contribution in [0.25, 0.3) is 0 Å². The predicted molar refractivity (Wildman–Crippen MR) is 63.3 cm³/mol. The van der Waals surface area contributed by atoms with Crippen molar-refractivity contribution in [1.29, 1.82) is 0 Å². The quantitative estimate of drug-likeness (QED) is 0.314. The Balaban J connectivity index is 3.48. The molecule has 0 aliphatic carbocycles. The molecule has 0 rings (SSSR count). The maximum Gasteiger partial charge on any atom is 0.264 e. The fourth-order valence-corrected chi connectivity index (χ4v) is 1.49. The molecule has 0 aromatic rings. The molecule has 0 unspecified atom stereocenters. The average molecular weight is 270 g/mol. The third-order valence-electron chi connectivity index (χ3n) is 1.69. The van der Waals surface area contributed by atoms with Gasteiger partial charge in [0, 0.05) is 19.8 Å². The highest BCUT2D eigenvalue weighted by molar-refractivity contribution is 7.85. The molecule has 0 radical (unpaired) electrons. The number of hydrogen-bond acceptors (Lipinski definition) is 6. The molecule has 0 aromatic carbocycles. The Hall–Kier alpha value is -0.210. The smallest absolute Gasteiger partial charge is 0.264 e. The van der Waals surface area contributed by atoms with Crippen molar-refractivity contribution in [1.82, 2.24) is 0 Å². The van der Waals surface area contributed by atoms with Crippen LogP contribution in [0.1, 0.15) is 20.3 Å². The number of hydrogen-bond donors (Lipinski definition) is 0. The van der Waals surface area contributed by atoms with Crippen molar-refractivity contribution in [3.05, 3.63) is 0 Å². The van der Waals surface area contributed by atoms with Crippen LogP contribution in [-0.2, 0) is 28.5 Å². The molecule has 0 aliphatic heterocycles. The summed E-state index contributed by atoms with van der Waals surface area (Å²) in [6.45, 7) is 5.76. The Morgan fingerprint density at radius 3 is 2.12 bits per heavy atom. The molecule has 6 nitrogen and oxygen atoms in total. The van der Waals surface area contributed by atoms with E-state index in [0.29, 0.717) is 32.8 Å². The lowest BCUT2D eigenvalue weighted by Gasteiger charge is -2.16. The molecule has 7 heteroatoms. The Kier molecular flexibility index (Phi) is 9.66. The molecule has 0 amide bonds. The van der Waals surface area contributed by atoms with E-state index in [1.54, 1.807) is 0 Å². The molecule has 0 spiro atoms. The minimum Gasteiger partial charge on any atom is -0.376 e. The molecule has 0 aliphatic rings. The minimum atomic E-state index is -3.35.